The molecular formula is C12H15N3O5S. The number of aliphatic hydroxyl groups is 1. The van der Waals surface area contributed by atoms with Crippen molar-refractivity contribution in [2.45, 2.75) is 25.4 Å². The van der Waals surface area contributed by atoms with Gasteiger partial charge in [0.25, 0.3) is 10.7 Å². The molecule has 0 amide bonds. The van der Waals surface area contributed by atoms with Crippen molar-refractivity contribution in [3.8, 4) is 0 Å². The minimum Gasteiger partial charge on any atom is -0.462 e. The highest BCUT2D eigenvalue weighted by atomic mass is 32.1. The molecule has 0 aromatic carbocycles. The molecule has 114 valence electrons. The van der Waals surface area contributed by atoms with Crippen molar-refractivity contribution in [2.75, 3.05) is 13.2 Å². The molecule has 2 saturated heterocycles. The Morgan fingerprint density at radius 1 is 1.52 bits per heavy atom. The van der Waals surface area contributed by atoms with Crippen LogP contribution >= 0.6 is 12.2 Å². The van der Waals surface area contributed by atoms with Crippen LogP contribution in [0.5, 0.6) is 0 Å². The molecule has 0 spiro atoms. The maximum Gasteiger partial charge on any atom is 0.330 e. The van der Waals surface area contributed by atoms with Gasteiger partial charge in [-0.3, -0.25) is 4.79 Å². The standard InChI is InChI=1S/C12H15N3O5S/c1-5-2-8(17)15(11(18)14-5)10-9-6(7(4-16)19-10)3-13-12(21)20-9/h2,6-7,9-10,16H,3-4H2,1H3,(H,13,21)(H,14,18)/t6?,7-,9?,10-/m1/s1. The lowest BCUT2D eigenvalue weighted by Crippen LogP contribution is -2.50. The number of aryl methyl sites for hydroxylation is 1. The molecule has 0 saturated carbocycles. The number of thiocarbonyl (C=S) groups is 1. The molecule has 3 N–H and O–H groups in total. The lowest BCUT2D eigenvalue weighted by atomic mass is 9.97. The molecule has 3 rings (SSSR count). The Kier molecular flexibility index (Phi) is 3.56. The van der Waals surface area contributed by atoms with Gasteiger partial charge in [-0.05, 0) is 19.1 Å². The van der Waals surface area contributed by atoms with E-state index in [1.807, 2.05) is 0 Å². The molecule has 0 radical (unpaired) electrons. The second kappa shape index (κ2) is 5.24. The van der Waals surface area contributed by atoms with Crippen molar-refractivity contribution in [2.24, 2.45) is 5.92 Å². The molecule has 21 heavy (non-hydrogen) atoms. The van der Waals surface area contributed by atoms with Crippen molar-refractivity contribution in [1.82, 2.24) is 14.9 Å². The Labute approximate surface area is 124 Å². The quantitative estimate of drug-likeness (QED) is 0.578. The van der Waals surface area contributed by atoms with E-state index in [1.54, 1.807) is 6.92 Å². The first kappa shape index (κ1) is 14.2. The zero-order chi connectivity index (χ0) is 15.1. The van der Waals surface area contributed by atoms with Crippen molar-refractivity contribution in [1.29, 1.82) is 0 Å². The van der Waals surface area contributed by atoms with Gasteiger partial charge in [-0.25, -0.2) is 9.36 Å². The fraction of sp³-hybridized carbons (Fsp3) is 0.583. The number of hydrogen-bond acceptors (Lipinski definition) is 6. The Bertz CT molecular complexity index is 653. The minimum atomic E-state index is -0.913. The molecule has 0 bridgehead atoms. The summed E-state index contributed by atoms with van der Waals surface area (Å²) in [4.78, 5) is 26.7. The number of hydrogen-bond donors (Lipinski definition) is 3. The smallest absolute Gasteiger partial charge is 0.330 e. The first-order chi connectivity index (χ1) is 10.0. The first-order valence-electron chi connectivity index (χ1n) is 6.54. The lowest BCUT2D eigenvalue weighted by molar-refractivity contribution is -0.0517. The highest BCUT2D eigenvalue weighted by molar-refractivity contribution is 7.80. The van der Waals surface area contributed by atoms with Gasteiger partial charge in [-0.1, -0.05) is 0 Å². The fourth-order valence-corrected chi connectivity index (χ4v) is 2.98. The van der Waals surface area contributed by atoms with Gasteiger partial charge in [0, 0.05) is 24.2 Å². The SMILES string of the molecule is Cc1cc(=O)n([C@@H]2O[C@H](CO)C3CNC(=S)OC32)c(=O)[nH]1. The number of nitrogens with zero attached hydrogens (tertiary/aromatic N) is 1. The van der Waals surface area contributed by atoms with Crippen molar-refractivity contribution in [3.63, 3.8) is 0 Å². The molecule has 4 atom stereocenters. The van der Waals surface area contributed by atoms with Crippen LogP contribution in [0.25, 0.3) is 0 Å². The molecule has 2 fully saturated rings. The number of aromatic amines is 1. The van der Waals surface area contributed by atoms with Gasteiger partial charge in [0.2, 0.25) is 0 Å². The van der Waals surface area contributed by atoms with Gasteiger partial charge < -0.3 is 24.9 Å². The highest BCUT2D eigenvalue weighted by Crippen LogP contribution is 2.36. The minimum absolute atomic E-state index is 0.194. The Hall–Kier alpha value is -1.71. The van der Waals surface area contributed by atoms with Crippen molar-refractivity contribution < 1.29 is 14.6 Å². The molecule has 2 aliphatic heterocycles. The average Bonchev–Trinajstić information content (AvgIpc) is 2.75. The summed E-state index contributed by atoms with van der Waals surface area (Å²) in [6, 6.07) is 1.31. The third kappa shape index (κ3) is 2.37. The zero-order valence-corrected chi connectivity index (χ0v) is 12.1. The summed E-state index contributed by atoms with van der Waals surface area (Å²) in [6.45, 7) is 1.86. The van der Waals surface area contributed by atoms with E-state index < -0.39 is 29.7 Å². The van der Waals surface area contributed by atoms with Gasteiger partial charge in [-0.15, -0.1) is 0 Å². The summed E-state index contributed by atoms with van der Waals surface area (Å²) in [6.07, 6.45) is -2.02. The number of H-pyrrole nitrogens is 1. The maximum atomic E-state index is 12.1. The molecule has 1 aromatic rings. The third-order valence-corrected chi connectivity index (χ3v) is 4.00. The second-order valence-electron chi connectivity index (χ2n) is 5.13. The van der Waals surface area contributed by atoms with Crippen molar-refractivity contribution >= 4 is 17.4 Å². The van der Waals surface area contributed by atoms with E-state index in [4.69, 9.17) is 21.7 Å². The van der Waals surface area contributed by atoms with Gasteiger partial charge >= 0.3 is 5.69 Å². The highest BCUT2D eigenvalue weighted by Gasteiger charge is 2.49. The van der Waals surface area contributed by atoms with Crippen LogP contribution in [-0.4, -0.2) is 45.2 Å². The van der Waals surface area contributed by atoms with Crippen LogP contribution in [-0.2, 0) is 9.47 Å². The van der Waals surface area contributed by atoms with Crippen LogP contribution in [0.2, 0.25) is 0 Å². The zero-order valence-electron chi connectivity index (χ0n) is 11.2. The van der Waals surface area contributed by atoms with E-state index in [0.29, 0.717) is 12.2 Å². The Morgan fingerprint density at radius 3 is 2.95 bits per heavy atom. The molecule has 8 nitrogen and oxygen atoms in total. The van der Waals surface area contributed by atoms with Gasteiger partial charge in [0.05, 0.1) is 12.7 Å². The first-order valence-corrected chi connectivity index (χ1v) is 6.95. The van der Waals surface area contributed by atoms with E-state index in [2.05, 4.69) is 10.3 Å². The largest absolute Gasteiger partial charge is 0.462 e. The number of ether oxygens (including phenoxy) is 2. The summed E-state index contributed by atoms with van der Waals surface area (Å²) < 4.78 is 12.1. The van der Waals surface area contributed by atoms with E-state index in [-0.39, 0.29) is 17.7 Å². The summed E-state index contributed by atoms with van der Waals surface area (Å²) in [5, 5.41) is 12.5. The Balaban J connectivity index is 2.04. The lowest BCUT2D eigenvalue weighted by Gasteiger charge is -2.30. The van der Waals surface area contributed by atoms with Crippen LogP contribution in [0.4, 0.5) is 0 Å². The van der Waals surface area contributed by atoms with E-state index >= 15 is 0 Å². The topological polar surface area (TPSA) is 106 Å². The van der Waals surface area contributed by atoms with Crippen LogP contribution in [0, 0.1) is 12.8 Å². The third-order valence-electron chi connectivity index (χ3n) is 3.75. The molecule has 3 heterocycles. The number of aliphatic hydroxyl groups excluding tert-OH is 1. The number of fused-ring (bicyclic) bond motifs is 1. The van der Waals surface area contributed by atoms with Gasteiger partial charge in [0.1, 0.15) is 0 Å². The molecule has 1 aromatic heterocycles. The van der Waals surface area contributed by atoms with Crippen LogP contribution < -0.4 is 16.6 Å². The van der Waals surface area contributed by atoms with Crippen LogP contribution in [0.1, 0.15) is 11.9 Å². The van der Waals surface area contributed by atoms with E-state index in [1.165, 1.54) is 6.07 Å². The van der Waals surface area contributed by atoms with Crippen LogP contribution in [0.15, 0.2) is 15.7 Å². The maximum absolute atomic E-state index is 12.1. The molecule has 0 aliphatic carbocycles. The number of nitrogens with one attached hydrogen (secondary N) is 2. The van der Waals surface area contributed by atoms with Crippen LogP contribution in [0.3, 0.4) is 0 Å². The molecular weight excluding hydrogens is 298 g/mol. The fourth-order valence-electron chi connectivity index (χ4n) is 2.79. The summed E-state index contributed by atoms with van der Waals surface area (Å²) >= 11 is 4.97. The molecule has 9 heteroatoms. The second-order valence-corrected chi connectivity index (χ2v) is 5.50. The van der Waals surface area contributed by atoms with E-state index in [0.717, 1.165) is 4.57 Å². The number of aromatic nitrogens is 2. The monoisotopic (exact) mass is 313 g/mol. The number of rotatable bonds is 2. The molecule has 2 unspecified atom stereocenters. The normalized spacial score (nSPS) is 31.4. The van der Waals surface area contributed by atoms with Gasteiger partial charge in [0.15, 0.2) is 12.3 Å². The summed E-state index contributed by atoms with van der Waals surface area (Å²) in [7, 11) is 0. The van der Waals surface area contributed by atoms with E-state index in [9.17, 15) is 14.7 Å². The predicted octanol–water partition coefficient (Wildman–Crippen LogP) is -1.38. The summed E-state index contributed by atoms with van der Waals surface area (Å²) in [5.74, 6) is -0.195. The molecule has 2 aliphatic rings. The average molecular weight is 313 g/mol. The summed E-state index contributed by atoms with van der Waals surface area (Å²) in [5.41, 5.74) is -0.585. The predicted molar refractivity (Wildman–Crippen MR) is 76.0 cm³/mol. The van der Waals surface area contributed by atoms with Gasteiger partial charge in [-0.2, -0.15) is 0 Å². The Morgan fingerprint density at radius 2 is 2.29 bits per heavy atom. The van der Waals surface area contributed by atoms with Crippen molar-refractivity contribution in [3.05, 3.63) is 32.6 Å².